The maximum absolute atomic E-state index is 12.5. The van der Waals surface area contributed by atoms with E-state index in [1.54, 1.807) is 18.5 Å². The van der Waals surface area contributed by atoms with E-state index in [1.807, 2.05) is 6.07 Å². The molecule has 3 rings (SSSR count). The molecular formula is C17H20F2N4. The van der Waals surface area contributed by atoms with Crippen LogP contribution in [0.15, 0.2) is 36.7 Å². The Balaban J connectivity index is 1.61. The summed E-state index contributed by atoms with van der Waals surface area (Å²) in [5, 5.41) is 3.22. The van der Waals surface area contributed by atoms with E-state index < -0.39 is 6.43 Å². The Labute approximate surface area is 134 Å². The van der Waals surface area contributed by atoms with Crippen LogP contribution in [-0.4, -0.2) is 23.1 Å². The van der Waals surface area contributed by atoms with Crippen molar-refractivity contribution in [1.82, 2.24) is 9.97 Å². The quantitative estimate of drug-likeness (QED) is 0.904. The summed E-state index contributed by atoms with van der Waals surface area (Å²) in [6.07, 6.45) is 2.81. The second-order valence-corrected chi connectivity index (χ2v) is 5.70. The molecule has 0 amide bonds. The molecule has 122 valence electrons. The number of benzene rings is 1. The van der Waals surface area contributed by atoms with Gasteiger partial charge in [-0.1, -0.05) is 24.3 Å². The minimum Gasteiger partial charge on any atom is -0.366 e. The molecule has 0 bridgehead atoms. The molecule has 0 unspecified atom stereocenters. The first-order valence-electron chi connectivity index (χ1n) is 7.90. The van der Waals surface area contributed by atoms with Gasteiger partial charge in [0, 0.05) is 31.3 Å². The Morgan fingerprint density at radius 1 is 1.04 bits per heavy atom. The van der Waals surface area contributed by atoms with Crippen molar-refractivity contribution in [3.05, 3.63) is 47.8 Å². The van der Waals surface area contributed by atoms with E-state index in [1.165, 1.54) is 31.4 Å². The average molecular weight is 318 g/mol. The second-order valence-electron chi connectivity index (χ2n) is 5.70. The van der Waals surface area contributed by atoms with Crippen LogP contribution in [0.25, 0.3) is 0 Å². The van der Waals surface area contributed by atoms with Gasteiger partial charge in [0.15, 0.2) is 0 Å². The van der Waals surface area contributed by atoms with Crippen LogP contribution in [0.4, 0.5) is 20.4 Å². The van der Waals surface area contributed by atoms with Gasteiger partial charge >= 0.3 is 0 Å². The minimum atomic E-state index is -2.43. The fraction of sp³-hybridized carbons (Fsp3) is 0.412. The van der Waals surface area contributed by atoms with Crippen LogP contribution in [0.1, 0.15) is 36.8 Å². The van der Waals surface area contributed by atoms with E-state index in [0.29, 0.717) is 6.54 Å². The van der Waals surface area contributed by atoms with E-state index in [2.05, 4.69) is 20.2 Å². The molecule has 1 aromatic carbocycles. The van der Waals surface area contributed by atoms with Crippen molar-refractivity contribution in [2.24, 2.45) is 0 Å². The van der Waals surface area contributed by atoms with Gasteiger partial charge in [0.1, 0.15) is 18.0 Å². The lowest BCUT2D eigenvalue weighted by Crippen LogP contribution is -2.30. The number of nitrogens with zero attached hydrogens (tertiary/aromatic N) is 3. The van der Waals surface area contributed by atoms with Crippen LogP contribution < -0.4 is 10.2 Å². The average Bonchev–Trinajstić information content (AvgIpc) is 2.61. The van der Waals surface area contributed by atoms with E-state index >= 15 is 0 Å². The summed E-state index contributed by atoms with van der Waals surface area (Å²) in [4.78, 5) is 10.8. The molecule has 0 atom stereocenters. The number of alkyl halides is 2. The van der Waals surface area contributed by atoms with E-state index in [-0.39, 0.29) is 5.56 Å². The van der Waals surface area contributed by atoms with E-state index in [4.69, 9.17) is 0 Å². The number of anilines is 2. The summed E-state index contributed by atoms with van der Waals surface area (Å²) in [6, 6.07) is 8.28. The van der Waals surface area contributed by atoms with Gasteiger partial charge in [0.2, 0.25) is 0 Å². The highest BCUT2D eigenvalue weighted by atomic mass is 19.3. The lowest BCUT2D eigenvalue weighted by atomic mass is 10.1. The molecule has 1 fully saturated rings. The number of hydrogen-bond acceptors (Lipinski definition) is 4. The molecule has 1 aliphatic heterocycles. The van der Waals surface area contributed by atoms with Crippen LogP contribution in [0.5, 0.6) is 0 Å². The Morgan fingerprint density at radius 2 is 1.78 bits per heavy atom. The zero-order chi connectivity index (χ0) is 16.1. The van der Waals surface area contributed by atoms with Crippen LogP contribution in [-0.2, 0) is 6.54 Å². The largest absolute Gasteiger partial charge is 0.366 e. The van der Waals surface area contributed by atoms with Gasteiger partial charge in [-0.3, -0.25) is 0 Å². The first-order chi connectivity index (χ1) is 11.2. The summed E-state index contributed by atoms with van der Waals surface area (Å²) in [7, 11) is 0. The van der Waals surface area contributed by atoms with E-state index in [0.717, 1.165) is 30.3 Å². The zero-order valence-corrected chi connectivity index (χ0v) is 12.9. The third-order valence-corrected chi connectivity index (χ3v) is 4.04. The molecule has 0 aliphatic carbocycles. The minimum absolute atomic E-state index is 0.0446. The molecule has 0 saturated carbocycles. The molecule has 4 nitrogen and oxygen atoms in total. The van der Waals surface area contributed by atoms with Gasteiger partial charge in [0.25, 0.3) is 6.43 Å². The standard InChI is InChI=1S/C17H20F2N4/c18-17(19)14-6-4-13(5-7-14)11-20-15-10-16(22-12-21-15)23-8-2-1-3-9-23/h4-7,10,12,17H,1-3,8-9,11H2,(H,20,21,22). The van der Waals surface area contributed by atoms with Crippen LogP contribution in [0, 0.1) is 0 Å². The smallest absolute Gasteiger partial charge is 0.263 e. The summed E-state index contributed by atoms with van der Waals surface area (Å²) >= 11 is 0. The van der Waals surface area contributed by atoms with Gasteiger partial charge < -0.3 is 10.2 Å². The zero-order valence-electron chi connectivity index (χ0n) is 12.9. The fourth-order valence-electron chi connectivity index (χ4n) is 2.71. The van der Waals surface area contributed by atoms with Crippen molar-refractivity contribution < 1.29 is 8.78 Å². The topological polar surface area (TPSA) is 41.0 Å². The predicted molar refractivity (Wildman–Crippen MR) is 86.8 cm³/mol. The number of piperidine rings is 1. The summed E-state index contributed by atoms with van der Waals surface area (Å²) in [5.41, 5.74) is 0.982. The third kappa shape index (κ3) is 4.15. The maximum atomic E-state index is 12.5. The number of hydrogen-bond donors (Lipinski definition) is 1. The first-order valence-corrected chi connectivity index (χ1v) is 7.90. The maximum Gasteiger partial charge on any atom is 0.263 e. The highest BCUT2D eigenvalue weighted by Crippen LogP contribution is 2.21. The van der Waals surface area contributed by atoms with Crippen LogP contribution >= 0.6 is 0 Å². The Hall–Kier alpha value is -2.24. The van der Waals surface area contributed by atoms with Crippen molar-refractivity contribution in [3.8, 4) is 0 Å². The van der Waals surface area contributed by atoms with E-state index in [9.17, 15) is 8.78 Å². The monoisotopic (exact) mass is 318 g/mol. The van der Waals surface area contributed by atoms with Crippen LogP contribution in [0.3, 0.4) is 0 Å². The van der Waals surface area contributed by atoms with Crippen molar-refractivity contribution in [3.63, 3.8) is 0 Å². The highest BCUT2D eigenvalue weighted by Gasteiger charge is 2.12. The first kappa shape index (κ1) is 15.6. The third-order valence-electron chi connectivity index (χ3n) is 4.04. The molecule has 2 heterocycles. The Bertz CT molecular complexity index is 625. The highest BCUT2D eigenvalue weighted by molar-refractivity contribution is 5.48. The lowest BCUT2D eigenvalue weighted by Gasteiger charge is -2.27. The Kier molecular flexibility index (Phi) is 5.00. The molecule has 1 aliphatic rings. The van der Waals surface area contributed by atoms with Crippen LogP contribution in [0.2, 0.25) is 0 Å². The molecule has 6 heteroatoms. The number of aromatic nitrogens is 2. The molecule has 0 radical (unpaired) electrons. The molecule has 1 aromatic heterocycles. The van der Waals surface area contributed by atoms with Gasteiger partial charge in [-0.25, -0.2) is 18.7 Å². The molecule has 1 N–H and O–H groups in total. The van der Waals surface area contributed by atoms with Crippen molar-refractivity contribution >= 4 is 11.6 Å². The predicted octanol–water partition coefficient (Wildman–Crippen LogP) is 4.02. The molecule has 2 aromatic rings. The number of rotatable bonds is 5. The van der Waals surface area contributed by atoms with Crippen molar-refractivity contribution in [1.29, 1.82) is 0 Å². The molecular weight excluding hydrogens is 298 g/mol. The van der Waals surface area contributed by atoms with Gasteiger partial charge in [-0.05, 0) is 24.8 Å². The SMILES string of the molecule is FC(F)c1ccc(CNc2cc(N3CCCCC3)ncn2)cc1. The van der Waals surface area contributed by atoms with Gasteiger partial charge in [-0.2, -0.15) is 0 Å². The Morgan fingerprint density at radius 3 is 2.48 bits per heavy atom. The molecule has 1 saturated heterocycles. The number of nitrogens with one attached hydrogen (secondary N) is 1. The van der Waals surface area contributed by atoms with Crippen molar-refractivity contribution in [2.45, 2.75) is 32.2 Å². The summed E-state index contributed by atoms with van der Waals surface area (Å²) in [6.45, 7) is 2.61. The normalized spacial score (nSPS) is 15.0. The number of halogens is 2. The van der Waals surface area contributed by atoms with Gasteiger partial charge in [0.05, 0.1) is 0 Å². The second kappa shape index (κ2) is 7.35. The van der Waals surface area contributed by atoms with Crippen molar-refractivity contribution in [2.75, 3.05) is 23.3 Å². The summed E-state index contributed by atoms with van der Waals surface area (Å²) < 4.78 is 25.1. The van der Waals surface area contributed by atoms with Gasteiger partial charge in [-0.15, -0.1) is 0 Å². The molecule has 23 heavy (non-hydrogen) atoms. The molecule has 0 spiro atoms. The lowest BCUT2D eigenvalue weighted by molar-refractivity contribution is 0.151. The summed E-state index contributed by atoms with van der Waals surface area (Å²) in [5.74, 6) is 1.69. The fourth-order valence-corrected chi connectivity index (χ4v) is 2.71.